The molecule has 2 aromatic heterocycles. The van der Waals surface area contributed by atoms with Crippen LogP contribution in [0.4, 0.5) is 4.79 Å². The third-order valence-corrected chi connectivity index (χ3v) is 3.59. The number of thiophene rings is 1. The highest BCUT2D eigenvalue weighted by molar-refractivity contribution is 7.09. The lowest BCUT2D eigenvalue weighted by molar-refractivity contribution is 0.236. The zero-order valence-electron chi connectivity index (χ0n) is 10.9. The number of rotatable bonds is 6. The molecular weight excluding hydrogens is 260 g/mol. The zero-order valence-corrected chi connectivity index (χ0v) is 11.7. The Labute approximate surface area is 116 Å². The van der Waals surface area contributed by atoms with Crippen LogP contribution in [0, 0.1) is 0 Å². The monoisotopic (exact) mass is 278 g/mol. The number of nitrogens with zero attached hydrogens (tertiary/aromatic N) is 2. The smallest absolute Gasteiger partial charge is 0.315 e. The molecule has 0 aliphatic carbocycles. The average molecular weight is 278 g/mol. The Morgan fingerprint density at radius 2 is 2.47 bits per heavy atom. The van der Waals surface area contributed by atoms with Crippen molar-refractivity contribution in [3.8, 4) is 0 Å². The van der Waals surface area contributed by atoms with Gasteiger partial charge in [0.2, 0.25) is 0 Å². The topological polar surface area (TPSA) is 59.0 Å². The second kappa shape index (κ2) is 6.94. The number of hydrogen-bond donors (Lipinski definition) is 2. The van der Waals surface area contributed by atoms with Crippen LogP contribution in [0.15, 0.2) is 36.2 Å². The Balaban J connectivity index is 1.63. The van der Waals surface area contributed by atoms with Gasteiger partial charge in [0.15, 0.2) is 0 Å². The van der Waals surface area contributed by atoms with Crippen LogP contribution in [-0.2, 0) is 13.0 Å². The lowest BCUT2D eigenvalue weighted by Gasteiger charge is -2.14. The Kier molecular flexibility index (Phi) is 4.97. The van der Waals surface area contributed by atoms with Crippen LogP contribution in [0.1, 0.15) is 11.8 Å². The molecule has 2 aromatic rings. The Morgan fingerprint density at radius 1 is 1.58 bits per heavy atom. The molecule has 0 saturated carbocycles. The van der Waals surface area contributed by atoms with Gasteiger partial charge in [-0.15, -0.1) is 11.3 Å². The van der Waals surface area contributed by atoms with Gasteiger partial charge >= 0.3 is 6.03 Å². The van der Waals surface area contributed by atoms with E-state index in [1.807, 2.05) is 29.1 Å². The van der Waals surface area contributed by atoms with Crippen LogP contribution in [0.3, 0.4) is 0 Å². The van der Waals surface area contributed by atoms with E-state index < -0.39 is 0 Å². The van der Waals surface area contributed by atoms with Crippen molar-refractivity contribution in [3.63, 3.8) is 0 Å². The number of imidazole rings is 1. The summed E-state index contributed by atoms with van der Waals surface area (Å²) < 4.78 is 1.94. The second-order valence-corrected chi connectivity index (χ2v) is 5.42. The van der Waals surface area contributed by atoms with Gasteiger partial charge in [-0.05, 0) is 24.8 Å². The molecule has 2 amide bonds. The van der Waals surface area contributed by atoms with E-state index in [0.29, 0.717) is 6.54 Å². The fourth-order valence-electron chi connectivity index (χ4n) is 1.79. The molecule has 0 aromatic carbocycles. The van der Waals surface area contributed by atoms with Crippen molar-refractivity contribution in [2.24, 2.45) is 0 Å². The molecule has 0 bridgehead atoms. The molecule has 0 radical (unpaired) electrons. The number of nitrogens with one attached hydrogen (secondary N) is 2. The van der Waals surface area contributed by atoms with E-state index in [9.17, 15) is 4.79 Å². The predicted octanol–water partition coefficient (Wildman–Crippen LogP) is 1.87. The summed E-state index contributed by atoms with van der Waals surface area (Å²) >= 11 is 1.71. The van der Waals surface area contributed by atoms with Gasteiger partial charge in [0.1, 0.15) is 0 Å². The zero-order chi connectivity index (χ0) is 13.5. The van der Waals surface area contributed by atoms with Gasteiger partial charge in [0.05, 0.1) is 6.33 Å². The summed E-state index contributed by atoms with van der Waals surface area (Å²) in [6, 6.07) is 4.04. The highest BCUT2D eigenvalue weighted by atomic mass is 32.1. The van der Waals surface area contributed by atoms with Gasteiger partial charge in [-0.25, -0.2) is 9.78 Å². The molecular formula is C13H18N4OS. The van der Waals surface area contributed by atoms with E-state index in [4.69, 9.17) is 0 Å². The lowest BCUT2D eigenvalue weighted by Crippen LogP contribution is -2.43. The molecule has 0 unspecified atom stereocenters. The fraction of sp³-hybridized carbons (Fsp3) is 0.385. The fourth-order valence-corrected chi connectivity index (χ4v) is 2.49. The minimum absolute atomic E-state index is 0.0657. The molecule has 0 spiro atoms. The molecule has 0 aliphatic rings. The SMILES string of the molecule is C[C@@H](Cn1ccnc1)NC(=O)NCCc1cccs1. The van der Waals surface area contributed by atoms with Crippen LogP contribution in [0.25, 0.3) is 0 Å². The van der Waals surface area contributed by atoms with Gasteiger partial charge in [-0.3, -0.25) is 0 Å². The summed E-state index contributed by atoms with van der Waals surface area (Å²) in [5.41, 5.74) is 0. The highest BCUT2D eigenvalue weighted by Crippen LogP contribution is 2.07. The predicted molar refractivity (Wildman–Crippen MR) is 76.2 cm³/mol. The van der Waals surface area contributed by atoms with Gasteiger partial charge in [0, 0.05) is 36.4 Å². The lowest BCUT2D eigenvalue weighted by atomic mass is 10.3. The molecule has 5 nitrogen and oxygen atoms in total. The molecule has 0 fully saturated rings. The Morgan fingerprint density at radius 3 is 3.16 bits per heavy atom. The van der Waals surface area contributed by atoms with Crippen molar-refractivity contribution in [2.75, 3.05) is 6.54 Å². The molecule has 2 heterocycles. The van der Waals surface area contributed by atoms with Gasteiger partial charge in [-0.2, -0.15) is 0 Å². The summed E-state index contributed by atoms with van der Waals surface area (Å²) in [5.74, 6) is 0. The van der Waals surface area contributed by atoms with Crippen molar-refractivity contribution in [3.05, 3.63) is 41.1 Å². The first-order chi connectivity index (χ1) is 9.24. The summed E-state index contributed by atoms with van der Waals surface area (Å²) in [5, 5.41) is 7.81. The van der Waals surface area contributed by atoms with E-state index in [0.717, 1.165) is 13.0 Å². The molecule has 1 atom stereocenters. The van der Waals surface area contributed by atoms with Gasteiger partial charge in [-0.1, -0.05) is 6.07 Å². The minimum Gasteiger partial charge on any atom is -0.338 e. The number of carbonyl (C=O) groups excluding carboxylic acids is 1. The maximum Gasteiger partial charge on any atom is 0.315 e. The van der Waals surface area contributed by atoms with E-state index in [1.165, 1.54) is 4.88 Å². The van der Waals surface area contributed by atoms with Crippen molar-refractivity contribution < 1.29 is 4.79 Å². The number of carbonyl (C=O) groups is 1. The first-order valence-electron chi connectivity index (χ1n) is 6.26. The Hall–Kier alpha value is -1.82. The van der Waals surface area contributed by atoms with Crippen LogP contribution < -0.4 is 10.6 Å². The number of hydrogen-bond acceptors (Lipinski definition) is 3. The molecule has 2 N–H and O–H groups in total. The van der Waals surface area contributed by atoms with Crippen molar-refractivity contribution in [1.82, 2.24) is 20.2 Å². The van der Waals surface area contributed by atoms with Crippen LogP contribution in [-0.4, -0.2) is 28.2 Å². The molecule has 2 rings (SSSR count). The van der Waals surface area contributed by atoms with Gasteiger partial charge in [0.25, 0.3) is 0 Å². The van der Waals surface area contributed by atoms with Crippen LogP contribution >= 0.6 is 11.3 Å². The van der Waals surface area contributed by atoms with E-state index in [1.54, 1.807) is 23.9 Å². The van der Waals surface area contributed by atoms with Gasteiger partial charge < -0.3 is 15.2 Å². The van der Waals surface area contributed by atoms with Crippen molar-refractivity contribution in [1.29, 1.82) is 0 Å². The Bertz CT molecular complexity index is 481. The third-order valence-electron chi connectivity index (χ3n) is 2.66. The standard InChI is InChI=1S/C13H18N4OS/c1-11(9-17-7-6-14-10-17)16-13(18)15-5-4-12-3-2-8-19-12/h2-3,6-8,10-11H,4-5,9H2,1H3,(H2,15,16,18)/t11-/m0/s1. The number of urea groups is 1. The first-order valence-corrected chi connectivity index (χ1v) is 7.14. The van der Waals surface area contributed by atoms with Crippen LogP contribution in [0.5, 0.6) is 0 Å². The summed E-state index contributed by atoms with van der Waals surface area (Å²) in [7, 11) is 0. The molecule has 6 heteroatoms. The number of aromatic nitrogens is 2. The first kappa shape index (κ1) is 13.6. The van der Waals surface area contributed by atoms with E-state index >= 15 is 0 Å². The molecule has 102 valence electrons. The largest absolute Gasteiger partial charge is 0.338 e. The maximum atomic E-state index is 11.7. The molecule has 19 heavy (non-hydrogen) atoms. The summed E-state index contributed by atoms with van der Waals surface area (Å²) in [6.07, 6.45) is 6.23. The highest BCUT2D eigenvalue weighted by Gasteiger charge is 2.07. The van der Waals surface area contributed by atoms with Crippen molar-refractivity contribution in [2.45, 2.75) is 25.9 Å². The molecule has 0 saturated heterocycles. The maximum absolute atomic E-state index is 11.7. The minimum atomic E-state index is -0.121. The van der Waals surface area contributed by atoms with E-state index in [2.05, 4.69) is 21.7 Å². The quantitative estimate of drug-likeness (QED) is 0.847. The van der Waals surface area contributed by atoms with Crippen molar-refractivity contribution >= 4 is 17.4 Å². The molecule has 0 aliphatic heterocycles. The normalized spacial score (nSPS) is 12.1. The average Bonchev–Trinajstić information content (AvgIpc) is 3.01. The summed E-state index contributed by atoms with van der Waals surface area (Å²) in [4.78, 5) is 16.9. The second-order valence-electron chi connectivity index (χ2n) is 4.39. The summed E-state index contributed by atoms with van der Waals surface area (Å²) in [6.45, 7) is 3.35. The number of amides is 2. The van der Waals surface area contributed by atoms with Crippen LogP contribution in [0.2, 0.25) is 0 Å². The third kappa shape index (κ3) is 4.75. The van der Waals surface area contributed by atoms with E-state index in [-0.39, 0.29) is 12.1 Å².